The molecule has 1 unspecified atom stereocenters. The van der Waals surface area contributed by atoms with Crippen LogP contribution in [-0.4, -0.2) is 85.3 Å². The van der Waals surface area contributed by atoms with E-state index in [0.717, 1.165) is 43.0 Å². The maximum Gasteiger partial charge on any atom is 0.430 e. The fraction of sp³-hybridized carbons (Fsp3) is 0.536. The first-order valence-corrected chi connectivity index (χ1v) is 13.5. The minimum Gasteiger partial charge on any atom is -0.497 e. The van der Waals surface area contributed by atoms with Gasteiger partial charge in [-0.05, 0) is 61.8 Å². The molecule has 1 N–H and O–H groups in total. The van der Waals surface area contributed by atoms with Crippen molar-refractivity contribution in [3.63, 3.8) is 0 Å². The number of halogens is 4. The van der Waals surface area contributed by atoms with Gasteiger partial charge >= 0.3 is 6.18 Å². The first-order valence-electron chi connectivity index (χ1n) is 13.1. The van der Waals surface area contributed by atoms with Gasteiger partial charge in [-0.1, -0.05) is 23.7 Å². The van der Waals surface area contributed by atoms with Crippen molar-refractivity contribution in [2.24, 2.45) is 11.8 Å². The summed E-state index contributed by atoms with van der Waals surface area (Å²) in [5.41, 5.74) is -3.91. The number of hydrogen-bond acceptors (Lipinski definition) is 6. The van der Waals surface area contributed by atoms with Gasteiger partial charge < -0.3 is 24.5 Å². The van der Waals surface area contributed by atoms with Crippen LogP contribution in [0.1, 0.15) is 41.6 Å². The number of carbonyl (C=O) groups excluding carboxylic acids is 2. The fourth-order valence-electron chi connectivity index (χ4n) is 5.61. The zero-order chi connectivity index (χ0) is 29.4. The largest absolute Gasteiger partial charge is 0.497 e. The molecular formula is C28H34ClF3N4O4. The lowest BCUT2D eigenvalue weighted by Gasteiger charge is -2.48. The Morgan fingerprint density at radius 1 is 1.07 bits per heavy atom. The number of benzene rings is 1. The van der Waals surface area contributed by atoms with Crippen LogP contribution >= 0.6 is 11.6 Å². The number of alkyl halides is 3. The van der Waals surface area contributed by atoms with Crippen molar-refractivity contribution in [3.8, 4) is 5.75 Å². The second kappa shape index (κ2) is 11.4. The van der Waals surface area contributed by atoms with Crippen LogP contribution in [0.15, 0.2) is 36.4 Å². The van der Waals surface area contributed by atoms with Gasteiger partial charge in [-0.2, -0.15) is 13.2 Å². The van der Waals surface area contributed by atoms with Crippen molar-refractivity contribution < 1.29 is 32.6 Å². The van der Waals surface area contributed by atoms with Crippen molar-refractivity contribution in [3.05, 3.63) is 52.7 Å². The van der Waals surface area contributed by atoms with E-state index in [1.807, 2.05) is 0 Å². The second-order valence-electron chi connectivity index (χ2n) is 10.8. The number of hydrogen-bond donors (Lipinski definition) is 1. The Hall–Kier alpha value is -3.05. The number of anilines is 1. The molecule has 1 saturated carbocycles. The predicted octanol–water partition coefficient (Wildman–Crippen LogP) is 4.35. The number of carbonyl (C=O) groups is 2. The number of piperidine rings is 1. The Labute approximate surface area is 236 Å². The summed E-state index contributed by atoms with van der Waals surface area (Å²) in [7, 11) is 5.91. The van der Waals surface area contributed by atoms with Gasteiger partial charge in [-0.25, -0.2) is 4.98 Å². The highest BCUT2D eigenvalue weighted by Crippen LogP contribution is 2.45. The van der Waals surface area contributed by atoms with E-state index in [1.54, 1.807) is 26.2 Å². The van der Waals surface area contributed by atoms with Gasteiger partial charge in [-0.15, -0.1) is 0 Å². The van der Waals surface area contributed by atoms with E-state index < -0.39 is 29.3 Å². The summed E-state index contributed by atoms with van der Waals surface area (Å²) in [6.45, 7) is 1.46. The van der Waals surface area contributed by atoms with Crippen molar-refractivity contribution in [2.75, 3.05) is 46.2 Å². The Morgan fingerprint density at radius 3 is 2.27 bits per heavy atom. The monoisotopic (exact) mass is 582 g/mol. The first-order chi connectivity index (χ1) is 18.8. The SMILES string of the molecule is COc1cccc(C(O)(C(=O)N(C)C2CC(C3CCN(c4ccc(C(=O)N(C)C)c(Cl)n4)CC3)C2)C(F)(F)F)c1. The molecule has 1 atom stereocenters. The molecule has 0 bridgehead atoms. The van der Waals surface area contributed by atoms with Crippen molar-refractivity contribution in [2.45, 2.75) is 43.5 Å². The van der Waals surface area contributed by atoms with E-state index in [2.05, 4.69) is 9.88 Å². The van der Waals surface area contributed by atoms with Gasteiger partial charge in [0.05, 0.1) is 12.7 Å². The van der Waals surface area contributed by atoms with Crippen LogP contribution in [0, 0.1) is 11.8 Å². The maximum atomic E-state index is 14.1. The number of methoxy groups -OCH3 is 1. The van der Waals surface area contributed by atoms with Crippen LogP contribution in [-0.2, 0) is 10.4 Å². The number of rotatable bonds is 7. The molecule has 2 amide bonds. The van der Waals surface area contributed by atoms with E-state index in [-0.39, 0.29) is 22.7 Å². The molecule has 8 nitrogen and oxygen atoms in total. The normalized spacial score (nSPS) is 21.3. The Morgan fingerprint density at radius 2 is 1.73 bits per heavy atom. The predicted molar refractivity (Wildman–Crippen MR) is 144 cm³/mol. The first kappa shape index (κ1) is 29.9. The molecule has 2 aliphatic rings. The Kier molecular flexibility index (Phi) is 8.56. The third kappa shape index (κ3) is 5.58. The van der Waals surface area contributed by atoms with E-state index in [0.29, 0.717) is 30.1 Å². The third-order valence-electron chi connectivity index (χ3n) is 8.23. The minimum atomic E-state index is -5.21. The molecule has 1 aliphatic heterocycles. The van der Waals surface area contributed by atoms with E-state index in [9.17, 15) is 27.9 Å². The second-order valence-corrected chi connectivity index (χ2v) is 11.1. The average Bonchev–Trinajstić information content (AvgIpc) is 2.90. The molecule has 40 heavy (non-hydrogen) atoms. The van der Waals surface area contributed by atoms with Crippen LogP contribution in [0.3, 0.4) is 0 Å². The van der Waals surface area contributed by atoms with E-state index in [1.165, 1.54) is 31.2 Å². The number of ether oxygens (including phenoxy) is 1. The number of pyridine rings is 1. The summed E-state index contributed by atoms with van der Waals surface area (Å²) in [5.74, 6) is -0.176. The van der Waals surface area contributed by atoms with Crippen LogP contribution < -0.4 is 9.64 Å². The third-order valence-corrected chi connectivity index (χ3v) is 8.51. The Bertz CT molecular complexity index is 1250. The lowest BCUT2D eigenvalue weighted by atomic mass is 9.68. The topological polar surface area (TPSA) is 86.2 Å². The molecule has 1 aromatic carbocycles. The number of amides is 2. The minimum absolute atomic E-state index is 0.112. The van der Waals surface area contributed by atoms with Crippen molar-refractivity contribution >= 4 is 29.2 Å². The molecule has 2 fully saturated rings. The molecule has 0 radical (unpaired) electrons. The highest BCUT2D eigenvalue weighted by atomic mass is 35.5. The Balaban J connectivity index is 1.35. The molecule has 1 saturated heterocycles. The molecule has 4 rings (SSSR count). The summed E-state index contributed by atoms with van der Waals surface area (Å²) in [4.78, 5) is 34.3. The van der Waals surface area contributed by atoms with Gasteiger partial charge in [0.25, 0.3) is 17.4 Å². The van der Waals surface area contributed by atoms with Crippen LogP contribution in [0.2, 0.25) is 5.15 Å². The van der Waals surface area contributed by atoms with Crippen molar-refractivity contribution in [1.82, 2.24) is 14.8 Å². The standard InChI is InChI=1S/C28H34ClF3N4O4/c1-34(2)25(37)22-8-9-23(33-24(22)29)36-12-10-17(11-13-36)18-14-20(15-18)35(3)26(38)27(39,28(30,31)32)19-6-5-7-21(16-19)40-4/h5-9,16-18,20,39H,10-15H2,1-4H3. The van der Waals surface area contributed by atoms with Crippen LogP contribution in [0.4, 0.5) is 19.0 Å². The van der Waals surface area contributed by atoms with Gasteiger partial charge in [-0.3, -0.25) is 9.59 Å². The molecular weight excluding hydrogens is 549 g/mol. The molecule has 2 heterocycles. The molecule has 2 aromatic rings. The zero-order valence-electron chi connectivity index (χ0n) is 22.9. The van der Waals surface area contributed by atoms with Crippen molar-refractivity contribution in [1.29, 1.82) is 0 Å². The van der Waals surface area contributed by atoms with E-state index >= 15 is 0 Å². The molecule has 1 aromatic heterocycles. The van der Waals surface area contributed by atoms with Gasteiger partial charge in [0.2, 0.25) is 0 Å². The quantitative estimate of drug-likeness (QED) is 0.489. The maximum absolute atomic E-state index is 14.1. The summed E-state index contributed by atoms with van der Waals surface area (Å²) >= 11 is 6.27. The molecule has 12 heteroatoms. The number of aromatic nitrogens is 1. The summed E-state index contributed by atoms with van der Waals surface area (Å²) < 4.78 is 47.3. The summed E-state index contributed by atoms with van der Waals surface area (Å²) in [5, 5.41) is 10.9. The number of nitrogens with zero attached hydrogens (tertiary/aromatic N) is 4. The fourth-order valence-corrected chi connectivity index (χ4v) is 5.84. The van der Waals surface area contributed by atoms with Gasteiger partial charge in [0.15, 0.2) is 0 Å². The highest BCUT2D eigenvalue weighted by Gasteiger charge is 2.62. The molecule has 1 aliphatic carbocycles. The smallest absolute Gasteiger partial charge is 0.430 e. The molecule has 0 spiro atoms. The van der Waals surface area contributed by atoms with Gasteiger partial charge in [0, 0.05) is 45.8 Å². The lowest BCUT2D eigenvalue weighted by Crippen LogP contribution is -2.59. The lowest BCUT2D eigenvalue weighted by molar-refractivity contribution is -0.263. The van der Waals surface area contributed by atoms with E-state index in [4.69, 9.17) is 16.3 Å². The van der Waals surface area contributed by atoms with Gasteiger partial charge in [0.1, 0.15) is 16.7 Å². The summed E-state index contributed by atoms with van der Waals surface area (Å²) in [6.07, 6.45) is -2.34. The number of likely N-dealkylation sites (N-methyl/N-ethyl adjacent to an activating group) is 1. The summed E-state index contributed by atoms with van der Waals surface area (Å²) in [6, 6.07) is 7.94. The average molecular weight is 583 g/mol. The highest BCUT2D eigenvalue weighted by molar-refractivity contribution is 6.32. The van der Waals surface area contributed by atoms with Crippen LogP contribution in [0.5, 0.6) is 5.75 Å². The number of aliphatic hydroxyl groups is 1. The zero-order valence-corrected chi connectivity index (χ0v) is 23.7. The van der Waals surface area contributed by atoms with Crippen LogP contribution in [0.25, 0.3) is 0 Å². The molecule has 218 valence electrons.